The van der Waals surface area contributed by atoms with Crippen molar-refractivity contribution in [3.8, 4) is 0 Å². The fourth-order valence-corrected chi connectivity index (χ4v) is 2.63. The third-order valence-corrected chi connectivity index (χ3v) is 4.21. The van der Waals surface area contributed by atoms with E-state index in [1.807, 2.05) is 30.5 Å². The highest BCUT2D eigenvalue weighted by Gasteiger charge is 2.17. The van der Waals surface area contributed by atoms with E-state index >= 15 is 0 Å². The van der Waals surface area contributed by atoms with Crippen molar-refractivity contribution in [3.63, 3.8) is 0 Å². The maximum atomic E-state index is 11.0. The smallest absolute Gasteiger partial charge is 0.342 e. The molecule has 1 aromatic carbocycles. The molecular formula is C15H16BrN7O2. The highest BCUT2D eigenvalue weighted by molar-refractivity contribution is 9.10. The molecule has 0 aliphatic heterocycles. The second-order valence-corrected chi connectivity index (χ2v) is 6.32. The summed E-state index contributed by atoms with van der Waals surface area (Å²) in [5.41, 5.74) is 1.78. The van der Waals surface area contributed by atoms with Gasteiger partial charge in [-0.25, -0.2) is 14.2 Å². The summed E-state index contributed by atoms with van der Waals surface area (Å²) in [6.07, 6.45) is 3.09. The molecule has 9 nitrogen and oxygen atoms in total. The number of nitrogens with one attached hydrogen (secondary N) is 1. The highest BCUT2D eigenvalue weighted by atomic mass is 79.9. The minimum Gasteiger partial charge on any atom is -0.379 e. The standard InChI is InChI=1S/C15H16BrN7O2/c1-11-17-9-15(23(24)25)22(11)7-6-21-10-14(19-20-21)8-18-13-4-2-12(16)3-5-13/h2-5,9-10,18H,6-8H2,1H3. The molecule has 0 fully saturated rings. The summed E-state index contributed by atoms with van der Waals surface area (Å²) in [5, 5.41) is 22.4. The molecule has 2 heterocycles. The first-order chi connectivity index (χ1) is 12.0. The molecule has 0 atom stereocenters. The van der Waals surface area contributed by atoms with Gasteiger partial charge in [-0.1, -0.05) is 21.1 Å². The molecule has 1 N–H and O–H groups in total. The van der Waals surface area contributed by atoms with Crippen molar-refractivity contribution in [1.82, 2.24) is 24.5 Å². The van der Waals surface area contributed by atoms with Crippen LogP contribution in [0.4, 0.5) is 11.5 Å². The fourth-order valence-electron chi connectivity index (χ4n) is 2.37. The van der Waals surface area contributed by atoms with Crippen molar-refractivity contribution in [2.24, 2.45) is 0 Å². The van der Waals surface area contributed by atoms with Gasteiger partial charge in [-0.05, 0) is 29.2 Å². The molecule has 130 valence electrons. The van der Waals surface area contributed by atoms with E-state index in [1.165, 1.54) is 6.20 Å². The predicted octanol–water partition coefficient (Wildman–Crippen LogP) is 2.77. The predicted molar refractivity (Wildman–Crippen MR) is 95.1 cm³/mol. The van der Waals surface area contributed by atoms with Gasteiger partial charge in [0, 0.05) is 17.1 Å². The maximum absolute atomic E-state index is 11.0. The Morgan fingerprint density at radius 3 is 2.76 bits per heavy atom. The van der Waals surface area contributed by atoms with Crippen molar-refractivity contribution < 1.29 is 4.92 Å². The number of nitro groups is 1. The number of benzene rings is 1. The Morgan fingerprint density at radius 2 is 2.04 bits per heavy atom. The topological polar surface area (TPSA) is 104 Å². The average molecular weight is 406 g/mol. The second-order valence-electron chi connectivity index (χ2n) is 5.41. The van der Waals surface area contributed by atoms with E-state index in [4.69, 9.17) is 0 Å². The van der Waals surface area contributed by atoms with Crippen molar-refractivity contribution in [2.45, 2.75) is 26.6 Å². The zero-order valence-electron chi connectivity index (χ0n) is 13.5. The minimum absolute atomic E-state index is 0.0188. The fraction of sp³-hybridized carbons (Fsp3) is 0.267. The molecule has 2 aromatic heterocycles. The molecule has 0 amide bonds. The van der Waals surface area contributed by atoms with Gasteiger partial charge in [-0.15, -0.1) is 5.10 Å². The lowest BCUT2D eigenvalue weighted by Gasteiger charge is -2.04. The van der Waals surface area contributed by atoms with Gasteiger partial charge in [0.05, 0.1) is 19.3 Å². The van der Waals surface area contributed by atoms with Crippen LogP contribution in [-0.2, 0) is 19.6 Å². The quantitative estimate of drug-likeness (QED) is 0.478. The molecule has 25 heavy (non-hydrogen) atoms. The Labute approximate surface area is 152 Å². The molecule has 0 bridgehead atoms. The third-order valence-electron chi connectivity index (χ3n) is 3.68. The molecular weight excluding hydrogens is 390 g/mol. The SMILES string of the molecule is Cc1ncc([N+](=O)[O-])n1CCn1cc(CNc2ccc(Br)cc2)nn1. The third kappa shape index (κ3) is 4.21. The number of anilines is 1. The monoisotopic (exact) mass is 405 g/mol. The van der Waals surface area contributed by atoms with Gasteiger partial charge >= 0.3 is 5.82 Å². The number of aromatic nitrogens is 5. The average Bonchev–Trinajstić information content (AvgIpc) is 3.19. The number of rotatable bonds is 7. The molecule has 0 spiro atoms. The first-order valence-corrected chi connectivity index (χ1v) is 8.37. The van der Waals surface area contributed by atoms with E-state index in [9.17, 15) is 10.1 Å². The molecule has 0 radical (unpaired) electrons. The Kier molecular flexibility index (Phi) is 5.08. The van der Waals surface area contributed by atoms with Crippen molar-refractivity contribution in [3.05, 3.63) is 62.8 Å². The van der Waals surface area contributed by atoms with E-state index in [0.717, 1.165) is 15.9 Å². The molecule has 0 unspecified atom stereocenters. The summed E-state index contributed by atoms with van der Waals surface area (Å²) in [7, 11) is 0. The Morgan fingerprint density at radius 1 is 1.28 bits per heavy atom. The van der Waals surface area contributed by atoms with Gasteiger partial charge in [-0.2, -0.15) is 0 Å². The lowest BCUT2D eigenvalue weighted by atomic mass is 10.3. The summed E-state index contributed by atoms with van der Waals surface area (Å²) in [6.45, 7) is 3.17. The van der Waals surface area contributed by atoms with Crippen LogP contribution in [0.5, 0.6) is 0 Å². The van der Waals surface area contributed by atoms with Crippen LogP contribution in [0.2, 0.25) is 0 Å². The van der Waals surface area contributed by atoms with E-state index in [-0.39, 0.29) is 5.82 Å². The lowest BCUT2D eigenvalue weighted by Crippen LogP contribution is -2.11. The molecule has 0 saturated heterocycles. The number of halogens is 1. The van der Waals surface area contributed by atoms with Gasteiger partial charge in [0.2, 0.25) is 0 Å². The molecule has 3 rings (SSSR count). The van der Waals surface area contributed by atoms with E-state index in [0.29, 0.717) is 25.5 Å². The zero-order chi connectivity index (χ0) is 17.8. The second kappa shape index (κ2) is 7.43. The summed E-state index contributed by atoms with van der Waals surface area (Å²) < 4.78 is 4.25. The summed E-state index contributed by atoms with van der Waals surface area (Å²) in [5.74, 6) is 0.582. The van der Waals surface area contributed by atoms with Crippen LogP contribution in [0.25, 0.3) is 0 Å². The molecule has 0 aliphatic rings. The summed E-state index contributed by atoms with van der Waals surface area (Å²) in [6, 6.07) is 7.85. The lowest BCUT2D eigenvalue weighted by molar-refractivity contribution is -0.392. The van der Waals surface area contributed by atoms with Crippen LogP contribution < -0.4 is 5.32 Å². The Balaban J connectivity index is 1.58. The van der Waals surface area contributed by atoms with Gasteiger partial charge < -0.3 is 15.4 Å². The first-order valence-electron chi connectivity index (χ1n) is 7.58. The normalized spacial score (nSPS) is 10.8. The highest BCUT2D eigenvalue weighted by Crippen LogP contribution is 2.15. The number of hydrogen-bond acceptors (Lipinski definition) is 6. The van der Waals surface area contributed by atoms with Crippen molar-refractivity contribution in [2.75, 3.05) is 5.32 Å². The summed E-state index contributed by atoms with van der Waals surface area (Å²) in [4.78, 5) is 14.5. The van der Waals surface area contributed by atoms with Crippen LogP contribution >= 0.6 is 15.9 Å². The zero-order valence-corrected chi connectivity index (χ0v) is 15.0. The number of aryl methyl sites for hydroxylation is 2. The number of hydrogen-bond donors (Lipinski definition) is 1. The van der Waals surface area contributed by atoms with Crippen LogP contribution in [0, 0.1) is 17.0 Å². The molecule has 10 heteroatoms. The largest absolute Gasteiger partial charge is 0.379 e. The number of nitrogens with zero attached hydrogens (tertiary/aromatic N) is 6. The van der Waals surface area contributed by atoms with Crippen LogP contribution in [0.15, 0.2) is 41.1 Å². The van der Waals surface area contributed by atoms with E-state index in [2.05, 4.69) is 36.5 Å². The van der Waals surface area contributed by atoms with Crippen molar-refractivity contribution in [1.29, 1.82) is 0 Å². The van der Waals surface area contributed by atoms with Crippen molar-refractivity contribution >= 4 is 27.4 Å². The van der Waals surface area contributed by atoms with Crippen LogP contribution in [0.1, 0.15) is 11.5 Å². The van der Waals surface area contributed by atoms with Crippen LogP contribution in [-0.4, -0.2) is 29.5 Å². The van der Waals surface area contributed by atoms with Gasteiger partial charge in [0.25, 0.3) is 0 Å². The Bertz CT molecular complexity index is 872. The maximum Gasteiger partial charge on any atom is 0.342 e. The van der Waals surface area contributed by atoms with Gasteiger partial charge in [0.1, 0.15) is 18.4 Å². The van der Waals surface area contributed by atoms with E-state index in [1.54, 1.807) is 16.2 Å². The molecule has 0 aliphatic carbocycles. The van der Waals surface area contributed by atoms with Gasteiger partial charge in [0.15, 0.2) is 5.82 Å². The summed E-state index contributed by atoms with van der Waals surface area (Å²) >= 11 is 3.40. The first kappa shape index (κ1) is 17.1. The number of imidazole rings is 1. The Hall–Kier alpha value is -2.75. The molecule has 0 saturated carbocycles. The minimum atomic E-state index is -0.436. The van der Waals surface area contributed by atoms with Crippen LogP contribution in [0.3, 0.4) is 0 Å². The van der Waals surface area contributed by atoms with Gasteiger partial charge in [-0.3, -0.25) is 0 Å². The molecule has 3 aromatic rings. The van der Waals surface area contributed by atoms with E-state index < -0.39 is 4.92 Å².